The van der Waals surface area contributed by atoms with Crippen LogP contribution in [0, 0.1) is 12.8 Å². The van der Waals surface area contributed by atoms with Gasteiger partial charge in [-0.05, 0) is 43.7 Å². The molecule has 0 aliphatic heterocycles. The minimum absolute atomic E-state index is 0.0668. The predicted octanol–water partition coefficient (Wildman–Crippen LogP) is 2.92. The molecule has 1 aromatic heterocycles. The molecule has 1 saturated carbocycles. The van der Waals surface area contributed by atoms with E-state index in [4.69, 9.17) is 0 Å². The van der Waals surface area contributed by atoms with E-state index >= 15 is 0 Å². The molecular formula is C15H21NO3S. The van der Waals surface area contributed by atoms with Crippen molar-refractivity contribution in [3.63, 3.8) is 0 Å². The number of amides is 1. The zero-order valence-corrected chi connectivity index (χ0v) is 12.9. The molecule has 1 aliphatic rings. The molecule has 1 heterocycles. The quantitative estimate of drug-likeness (QED) is 0.848. The molecule has 3 unspecified atom stereocenters. The van der Waals surface area contributed by atoms with Crippen LogP contribution in [0.25, 0.3) is 0 Å². The molecule has 4 nitrogen and oxygen atoms in total. The van der Waals surface area contributed by atoms with Crippen LogP contribution in [0.4, 0.5) is 0 Å². The van der Waals surface area contributed by atoms with Crippen LogP contribution in [0.1, 0.15) is 49.5 Å². The van der Waals surface area contributed by atoms with Crippen molar-refractivity contribution < 1.29 is 14.7 Å². The first-order valence-electron chi connectivity index (χ1n) is 6.98. The first kappa shape index (κ1) is 15.0. The molecule has 2 rings (SSSR count). The van der Waals surface area contributed by atoms with Gasteiger partial charge in [0, 0.05) is 16.7 Å². The van der Waals surface area contributed by atoms with E-state index in [1.165, 1.54) is 10.4 Å². The van der Waals surface area contributed by atoms with E-state index in [0.717, 1.165) is 12.8 Å². The van der Waals surface area contributed by atoms with Gasteiger partial charge in [-0.15, -0.1) is 11.3 Å². The SMILES string of the molecule is CCCC(C)(NC(=O)C1CC1c1sccc1C)C(=O)O. The largest absolute Gasteiger partial charge is 0.480 e. The number of carbonyl (C=O) groups excluding carboxylic acids is 1. The van der Waals surface area contributed by atoms with Crippen LogP contribution in [-0.2, 0) is 9.59 Å². The number of carboxylic acid groups (broad SMARTS) is 1. The fraction of sp³-hybridized carbons (Fsp3) is 0.600. The van der Waals surface area contributed by atoms with Crippen LogP contribution >= 0.6 is 11.3 Å². The van der Waals surface area contributed by atoms with Crippen LogP contribution in [0.3, 0.4) is 0 Å². The third-order valence-corrected chi connectivity index (χ3v) is 5.14. The van der Waals surface area contributed by atoms with E-state index in [2.05, 4.69) is 18.3 Å². The van der Waals surface area contributed by atoms with E-state index in [1.807, 2.05) is 12.3 Å². The molecule has 3 atom stereocenters. The van der Waals surface area contributed by atoms with Gasteiger partial charge >= 0.3 is 5.97 Å². The fourth-order valence-corrected chi connectivity index (χ4v) is 3.73. The van der Waals surface area contributed by atoms with Crippen LogP contribution in [0.2, 0.25) is 0 Å². The minimum atomic E-state index is -1.15. The van der Waals surface area contributed by atoms with Crippen LogP contribution < -0.4 is 5.32 Å². The van der Waals surface area contributed by atoms with Crippen molar-refractivity contribution in [1.29, 1.82) is 0 Å². The van der Waals surface area contributed by atoms with Gasteiger partial charge in [-0.2, -0.15) is 0 Å². The summed E-state index contributed by atoms with van der Waals surface area (Å²) in [7, 11) is 0. The third kappa shape index (κ3) is 2.87. The number of aliphatic carboxylic acids is 1. The summed E-state index contributed by atoms with van der Waals surface area (Å²) in [6, 6.07) is 2.06. The second kappa shape index (κ2) is 5.56. The van der Waals surface area contributed by atoms with Gasteiger partial charge in [-0.1, -0.05) is 13.3 Å². The van der Waals surface area contributed by atoms with E-state index in [-0.39, 0.29) is 17.7 Å². The second-order valence-corrected chi connectivity index (χ2v) is 6.74. The molecule has 20 heavy (non-hydrogen) atoms. The molecule has 2 N–H and O–H groups in total. The lowest BCUT2D eigenvalue weighted by molar-refractivity contribution is -0.147. The summed E-state index contributed by atoms with van der Waals surface area (Å²) in [5.74, 6) is -0.879. The molecule has 0 saturated heterocycles. The highest BCUT2D eigenvalue weighted by molar-refractivity contribution is 7.10. The van der Waals surface area contributed by atoms with Crippen LogP contribution in [0.15, 0.2) is 11.4 Å². The lowest BCUT2D eigenvalue weighted by atomic mass is 9.96. The Hall–Kier alpha value is -1.36. The lowest BCUT2D eigenvalue weighted by Crippen LogP contribution is -2.52. The Bertz CT molecular complexity index is 525. The Balaban J connectivity index is 2.00. The monoisotopic (exact) mass is 295 g/mol. The van der Waals surface area contributed by atoms with Crippen molar-refractivity contribution in [2.24, 2.45) is 5.92 Å². The van der Waals surface area contributed by atoms with Gasteiger partial charge in [0.15, 0.2) is 0 Å². The van der Waals surface area contributed by atoms with Gasteiger partial charge in [0.05, 0.1) is 0 Å². The highest BCUT2D eigenvalue weighted by Crippen LogP contribution is 2.50. The molecule has 0 bridgehead atoms. The zero-order chi connectivity index (χ0) is 14.9. The first-order valence-corrected chi connectivity index (χ1v) is 7.86. The number of carbonyl (C=O) groups is 2. The molecule has 1 amide bonds. The highest BCUT2D eigenvalue weighted by atomic mass is 32.1. The van der Waals surface area contributed by atoms with Gasteiger partial charge in [-0.25, -0.2) is 4.79 Å². The summed E-state index contributed by atoms with van der Waals surface area (Å²) in [5.41, 5.74) is 0.0774. The summed E-state index contributed by atoms with van der Waals surface area (Å²) < 4.78 is 0. The van der Waals surface area contributed by atoms with Crippen LogP contribution in [0.5, 0.6) is 0 Å². The maximum Gasteiger partial charge on any atom is 0.329 e. The summed E-state index contributed by atoms with van der Waals surface area (Å²) in [5, 5.41) is 14.1. The normalized spacial score (nSPS) is 23.9. The topological polar surface area (TPSA) is 66.4 Å². The Kier molecular flexibility index (Phi) is 4.18. The van der Waals surface area contributed by atoms with E-state index in [0.29, 0.717) is 6.42 Å². The molecular weight excluding hydrogens is 274 g/mol. The Labute approximate surface area is 123 Å². The second-order valence-electron chi connectivity index (χ2n) is 5.79. The lowest BCUT2D eigenvalue weighted by Gasteiger charge is -2.25. The number of thiophene rings is 1. The molecule has 0 radical (unpaired) electrons. The highest BCUT2D eigenvalue weighted by Gasteiger charge is 2.47. The number of nitrogens with one attached hydrogen (secondary N) is 1. The van der Waals surface area contributed by atoms with Crippen molar-refractivity contribution >= 4 is 23.2 Å². The fourth-order valence-electron chi connectivity index (χ4n) is 2.63. The van der Waals surface area contributed by atoms with Crippen molar-refractivity contribution in [3.05, 3.63) is 21.9 Å². The molecule has 0 spiro atoms. The number of carboxylic acids is 1. The van der Waals surface area contributed by atoms with Crippen molar-refractivity contribution in [2.45, 2.75) is 51.5 Å². The molecule has 1 aromatic rings. The molecule has 110 valence electrons. The van der Waals surface area contributed by atoms with Crippen LogP contribution in [-0.4, -0.2) is 22.5 Å². The van der Waals surface area contributed by atoms with Gasteiger partial charge in [0.2, 0.25) is 5.91 Å². The Morgan fingerprint density at radius 1 is 1.55 bits per heavy atom. The smallest absolute Gasteiger partial charge is 0.329 e. The van der Waals surface area contributed by atoms with Gasteiger partial charge in [-0.3, -0.25) is 4.79 Å². The standard InChI is InChI=1S/C15H21NO3S/c1-4-6-15(3,14(18)19)16-13(17)11-8-10(11)12-9(2)5-7-20-12/h5,7,10-11H,4,6,8H2,1-3H3,(H,16,17)(H,18,19). The molecule has 5 heteroatoms. The van der Waals surface area contributed by atoms with Crippen molar-refractivity contribution in [2.75, 3.05) is 0 Å². The maximum atomic E-state index is 12.2. The van der Waals surface area contributed by atoms with Gasteiger partial charge in [0.25, 0.3) is 0 Å². The summed E-state index contributed by atoms with van der Waals surface area (Å²) in [6.45, 7) is 5.56. The van der Waals surface area contributed by atoms with E-state index in [9.17, 15) is 14.7 Å². The molecule has 1 aliphatic carbocycles. The van der Waals surface area contributed by atoms with Crippen molar-refractivity contribution in [3.8, 4) is 0 Å². The summed E-state index contributed by atoms with van der Waals surface area (Å²) in [6.07, 6.45) is 2.00. The molecule has 0 aromatic carbocycles. The third-order valence-electron chi connectivity index (χ3n) is 3.99. The van der Waals surface area contributed by atoms with Gasteiger partial charge < -0.3 is 10.4 Å². The number of aryl methyl sites for hydroxylation is 1. The molecule has 1 fully saturated rings. The van der Waals surface area contributed by atoms with E-state index < -0.39 is 11.5 Å². The first-order chi connectivity index (χ1) is 9.39. The van der Waals surface area contributed by atoms with Crippen molar-refractivity contribution in [1.82, 2.24) is 5.32 Å². The van der Waals surface area contributed by atoms with Gasteiger partial charge in [0.1, 0.15) is 5.54 Å². The maximum absolute atomic E-state index is 12.2. The predicted molar refractivity (Wildman–Crippen MR) is 79.0 cm³/mol. The number of rotatable bonds is 6. The average Bonchev–Trinajstić information content (AvgIpc) is 3.05. The Morgan fingerprint density at radius 3 is 2.75 bits per heavy atom. The number of hydrogen-bond acceptors (Lipinski definition) is 3. The van der Waals surface area contributed by atoms with E-state index in [1.54, 1.807) is 18.3 Å². The summed E-state index contributed by atoms with van der Waals surface area (Å²) >= 11 is 1.68. The number of hydrogen-bond donors (Lipinski definition) is 2. The summed E-state index contributed by atoms with van der Waals surface area (Å²) in [4.78, 5) is 24.9. The minimum Gasteiger partial charge on any atom is -0.480 e. The zero-order valence-electron chi connectivity index (χ0n) is 12.1. The average molecular weight is 295 g/mol. The Morgan fingerprint density at radius 2 is 2.25 bits per heavy atom.